The molecule has 6 N–H and O–H groups in total. The lowest BCUT2D eigenvalue weighted by molar-refractivity contribution is -0.138. The van der Waals surface area contributed by atoms with Gasteiger partial charge in [0.15, 0.2) is 4.31 Å². The molecule has 0 aromatic heterocycles. The molecule has 0 saturated carbocycles. The van der Waals surface area contributed by atoms with E-state index in [1.54, 1.807) is 0 Å². The zero-order valence-electron chi connectivity index (χ0n) is 30.2. The summed E-state index contributed by atoms with van der Waals surface area (Å²) in [5.74, 6) is 0. The summed E-state index contributed by atoms with van der Waals surface area (Å²) in [6.07, 6.45) is 0. The molecule has 2 aromatic rings. The van der Waals surface area contributed by atoms with Crippen molar-refractivity contribution in [3.8, 4) is 0 Å². The van der Waals surface area contributed by atoms with E-state index in [0.29, 0.717) is 11.1 Å². The van der Waals surface area contributed by atoms with Gasteiger partial charge in [0.25, 0.3) is 0 Å². The van der Waals surface area contributed by atoms with Crippen molar-refractivity contribution in [2.24, 2.45) is 5.41 Å². The van der Waals surface area contributed by atoms with Crippen LogP contribution in [-0.4, -0.2) is 50.0 Å². The Morgan fingerprint density at radius 1 is 0.543 bits per heavy atom. The lowest BCUT2D eigenvalue weighted by Crippen LogP contribution is -2.57. The van der Waals surface area contributed by atoms with Crippen LogP contribution in [0.4, 0.5) is 0 Å². The maximum Gasteiger partial charge on any atom is 0.745 e. The molecule has 2 atom stereocenters. The molecule has 0 amide bonds. The molecule has 0 aliphatic heterocycles. The van der Waals surface area contributed by atoms with Gasteiger partial charge in [-0.3, -0.25) is 0 Å². The minimum Gasteiger partial charge on any atom is -0.395 e. The minimum atomic E-state index is -2.92. The zero-order valence-corrected chi connectivity index (χ0v) is 32.0. The summed E-state index contributed by atoms with van der Waals surface area (Å²) in [7, 11) is -5.85. The van der Waals surface area contributed by atoms with Gasteiger partial charge in [-0.25, -0.2) is 0 Å². The first kappa shape index (κ1) is 42.4. The van der Waals surface area contributed by atoms with Crippen molar-refractivity contribution in [1.29, 1.82) is 0 Å². The fourth-order valence-corrected chi connectivity index (χ4v) is 6.40. The molecule has 2 unspecified atom stereocenters. The predicted octanol–water partition coefficient (Wildman–Crippen LogP) is 7.00. The van der Waals surface area contributed by atoms with Crippen LogP contribution in [-0.2, 0) is 40.7 Å². The highest BCUT2D eigenvalue weighted by atomic mass is 31.2. The zero-order chi connectivity index (χ0) is 36.4. The van der Waals surface area contributed by atoms with Crippen LogP contribution >= 0.6 is 16.5 Å². The number of hydrogen-bond donors (Lipinski definition) is 6. The molecule has 0 radical (unpaired) electrons. The number of aryl methyl sites for hydroxylation is 2. The van der Waals surface area contributed by atoms with Crippen molar-refractivity contribution in [2.75, 3.05) is 19.8 Å². The summed E-state index contributed by atoms with van der Waals surface area (Å²) < 4.78 is 22.2. The standard InChI is InChI=1S/C35H56O4.O5P2/c1-22-15-24(30(3,4)5)28(25(16-22)31(6,7)8)35(39,34(19-36,20-37)21-38)29-26(32(9,10)11)17-23(2)18-27(29)33(12,13)14;1-6(2)5-7(3)4/h15-18,36-39H,19-21H2,1-14H3;/p+2. The van der Waals surface area contributed by atoms with Crippen LogP contribution in [0.1, 0.15) is 128 Å². The van der Waals surface area contributed by atoms with Gasteiger partial charge in [-0.2, -0.15) is 0 Å². The highest BCUT2D eigenvalue weighted by molar-refractivity contribution is 7.46. The number of rotatable bonds is 8. The first-order valence-electron chi connectivity index (χ1n) is 15.4. The largest absolute Gasteiger partial charge is 0.745 e. The van der Waals surface area contributed by atoms with Crippen molar-refractivity contribution < 1.29 is 43.7 Å². The van der Waals surface area contributed by atoms with Gasteiger partial charge in [0.05, 0.1) is 25.2 Å². The maximum atomic E-state index is 13.7. The van der Waals surface area contributed by atoms with E-state index in [0.717, 1.165) is 33.4 Å². The highest BCUT2D eigenvalue weighted by Gasteiger charge is 2.57. The maximum absolute atomic E-state index is 13.7. The van der Waals surface area contributed by atoms with E-state index in [-0.39, 0.29) is 21.7 Å². The second-order valence-corrected chi connectivity index (χ2v) is 18.1. The van der Waals surface area contributed by atoms with Gasteiger partial charge in [-0.05, 0) is 68.9 Å². The van der Waals surface area contributed by atoms with E-state index in [9.17, 15) is 29.6 Å². The topological polar surface area (TPSA) is 165 Å². The van der Waals surface area contributed by atoms with E-state index in [1.807, 2.05) is 0 Å². The molecule has 0 aliphatic rings. The lowest BCUT2D eigenvalue weighted by atomic mass is 9.56. The third kappa shape index (κ3) is 9.28. The van der Waals surface area contributed by atoms with Crippen LogP contribution in [0, 0.1) is 19.3 Å². The molecule has 2 rings (SSSR count). The molecule has 0 heterocycles. The van der Waals surface area contributed by atoms with Gasteiger partial charge in [0.2, 0.25) is 0 Å². The third-order valence-electron chi connectivity index (χ3n) is 8.34. The van der Waals surface area contributed by atoms with Gasteiger partial charge in [-0.15, -0.1) is 9.79 Å². The van der Waals surface area contributed by atoms with Gasteiger partial charge in [0.1, 0.15) is 5.60 Å². The van der Waals surface area contributed by atoms with Crippen molar-refractivity contribution in [2.45, 2.75) is 124 Å². The van der Waals surface area contributed by atoms with E-state index in [2.05, 4.69) is 126 Å². The predicted molar refractivity (Wildman–Crippen MR) is 185 cm³/mol. The SMILES string of the molecule is Cc1cc(C(C)(C)C)c(C(O)(c2c(C(C)(C)C)cc(C)cc2C(C)(C)C)C(CO)(CO)CO)c(C(C)(C)C)c1.O=[P+](O)O[P+](=O)O. The number of hydrogen-bond acceptors (Lipinski definition) is 7. The van der Waals surface area contributed by atoms with E-state index < -0.39 is 47.3 Å². The fraction of sp³-hybridized carbons (Fsp3) is 0.657. The second-order valence-electron chi connectivity index (χ2n) is 16.5. The van der Waals surface area contributed by atoms with Gasteiger partial charge in [-0.1, -0.05) is 118 Å². The molecule has 0 saturated heterocycles. The molecule has 2 aromatic carbocycles. The smallest absolute Gasteiger partial charge is 0.395 e. The van der Waals surface area contributed by atoms with Gasteiger partial charge < -0.3 is 20.4 Å². The molecule has 46 heavy (non-hydrogen) atoms. The monoisotopic (exact) mass is 684 g/mol. The first-order chi connectivity index (χ1) is 20.5. The summed E-state index contributed by atoms with van der Waals surface area (Å²) in [5, 5.41) is 46.9. The Morgan fingerprint density at radius 3 is 0.891 bits per heavy atom. The Kier molecular flexibility index (Phi) is 13.7. The molecule has 260 valence electrons. The van der Waals surface area contributed by atoms with E-state index in [4.69, 9.17) is 9.79 Å². The van der Waals surface area contributed by atoms with Gasteiger partial charge >= 0.3 is 16.5 Å². The molecular weight excluding hydrogens is 626 g/mol. The molecule has 0 fully saturated rings. The first-order valence-corrected chi connectivity index (χ1v) is 17.7. The molecule has 9 nitrogen and oxygen atoms in total. The average molecular weight is 685 g/mol. The third-order valence-corrected chi connectivity index (χ3v) is 9.45. The van der Waals surface area contributed by atoms with Crippen LogP contribution < -0.4 is 0 Å². The van der Waals surface area contributed by atoms with Crippen molar-refractivity contribution in [1.82, 2.24) is 0 Å². The summed E-state index contributed by atoms with van der Waals surface area (Å²) in [6.45, 7) is 27.9. The lowest BCUT2D eigenvalue weighted by Gasteiger charge is -2.52. The van der Waals surface area contributed by atoms with Gasteiger partial charge in [0, 0.05) is 9.13 Å². The number of aliphatic hydroxyl groups is 4. The summed E-state index contributed by atoms with van der Waals surface area (Å²) in [4.78, 5) is 15.3. The second kappa shape index (κ2) is 14.9. The minimum absolute atomic E-state index is 0.379. The Bertz CT molecular complexity index is 1230. The molecule has 0 bridgehead atoms. The van der Waals surface area contributed by atoms with Crippen molar-refractivity contribution in [3.05, 3.63) is 68.8 Å². The Labute approximate surface area is 278 Å². The summed E-state index contributed by atoms with van der Waals surface area (Å²) >= 11 is 0. The molecular formula is C35H58O9P2+2. The summed E-state index contributed by atoms with van der Waals surface area (Å²) in [6, 6.07) is 8.48. The van der Waals surface area contributed by atoms with Crippen molar-refractivity contribution >= 4 is 16.5 Å². The number of benzene rings is 2. The van der Waals surface area contributed by atoms with Crippen LogP contribution in [0.15, 0.2) is 24.3 Å². The Morgan fingerprint density at radius 2 is 0.761 bits per heavy atom. The normalized spacial score (nSPS) is 14.1. The molecule has 0 spiro atoms. The molecule has 0 aliphatic carbocycles. The van der Waals surface area contributed by atoms with Crippen LogP contribution in [0.3, 0.4) is 0 Å². The van der Waals surface area contributed by atoms with Crippen LogP contribution in [0.2, 0.25) is 0 Å². The highest BCUT2D eigenvalue weighted by Crippen LogP contribution is 2.55. The summed E-state index contributed by atoms with van der Waals surface area (Å²) in [5.41, 5.74) is 2.15. The van der Waals surface area contributed by atoms with Crippen molar-refractivity contribution in [3.63, 3.8) is 0 Å². The van der Waals surface area contributed by atoms with Crippen LogP contribution in [0.25, 0.3) is 0 Å². The Balaban J connectivity index is 0.00000135. The quantitative estimate of drug-likeness (QED) is 0.161. The fourth-order valence-electron chi connectivity index (χ4n) is 5.93. The van der Waals surface area contributed by atoms with E-state index >= 15 is 0 Å². The number of aliphatic hydroxyl groups excluding tert-OH is 3. The van der Waals surface area contributed by atoms with Crippen LogP contribution in [0.5, 0.6) is 0 Å². The molecule has 11 heteroatoms. The average Bonchev–Trinajstić information content (AvgIpc) is 2.86. The Hall–Kier alpha value is -1.64. The van der Waals surface area contributed by atoms with E-state index in [1.165, 1.54) is 0 Å².